The van der Waals surface area contributed by atoms with Gasteiger partial charge in [0.1, 0.15) is 5.58 Å². The molecule has 3 aromatic rings. The summed E-state index contributed by atoms with van der Waals surface area (Å²) < 4.78 is 5.69. The van der Waals surface area contributed by atoms with Crippen LogP contribution in [0.25, 0.3) is 22.1 Å². The van der Waals surface area contributed by atoms with Crippen LogP contribution in [0.5, 0.6) is 0 Å². The lowest BCUT2D eigenvalue weighted by atomic mass is 9.86. The Morgan fingerprint density at radius 1 is 1.22 bits per heavy atom. The lowest BCUT2D eigenvalue weighted by Crippen LogP contribution is -2.35. The molecular weight excluding hydrogens is 336 g/mol. The van der Waals surface area contributed by atoms with Crippen molar-refractivity contribution >= 4 is 16.7 Å². The fraction of sp³-hybridized carbons (Fsp3) is 0.391. The predicted octanol–water partition coefficient (Wildman–Crippen LogP) is 4.90. The van der Waals surface area contributed by atoms with E-state index >= 15 is 0 Å². The van der Waals surface area contributed by atoms with Crippen molar-refractivity contribution in [2.75, 3.05) is 18.0 Å². The number of hydrogen-bond acceptors (Lipinski definition) is 4. The SMILES string of the molecule is CCN1CC(CC(C)C)Cc2cc3cc(-c4ccncc4)c(=O)oc3cc21. The van der Waals surface area contributed by atoms with Crippen molar-refractivity contribution in [1.29, 1.82) is 0 Å². The molecule has 0 amide bonds. The van der Waals surface area contributed by atoms with Crippen LogP contribution in [0.15, 0.2) is 51.9 Å². The minimum Gasteiger partial charge on any atom is -0.422 e. The second-order valence-electron chi connectivity index (χ2n) is 7.94. The van der Waals surface area contributed by atoms with E-state index in [1.165, 1.54) is 17.7 Å². The van der Waals surface area contributed by atoms with Crippen LogP contribution in [-0.2, 0) is 6.42 Å². The van der Waals surface area contributed by atoms with Gasteiger partial charge in [0.25, 0.3) is 0 Å². The quantitative estimate of drug-likeness (QED) is 0.619. The second-order valence-corrected chi connectivity index (χ2v) is 7.94. The first kappa shape index (κ1) is 17.8. The Labute approximate surface area is 159 Å². The number of aromatic nitrogens is 1. The lowest BCUT2D eigenvalue weighted by Gasteiger charge is -2.36. The van der Waals surface area contributed by atoms with Crippen molar-refractivity contribution in [2.45, 2.75) is 33.6 Å². The second kappa shape index (κ2) is 7.18. The van der Waals surface area contributed by atoms with Gasteiger partial charge in [-0.1, -0.05) is 13.8 Å². The highest BCUT2D eigenvalue weighted by Crippen LogP contribution is 2.35. The summed E-state index contributed by atoms with van der Waals surface area (Å²) in [5, 5.41) is 0.987. The number of fused-ring (bicyclic) bond motifs is 2. The van der Waals surface area contributed by atoms with E-state index in [1.54, 1.807) is 12.4 Å². The highest BCUT2D eigenvalue weighted by molar-refractivity contribution is 5.86. The first-order valence-electron chi connectivity index (χ1n) is 9.81. The predicted molar refractivity (Wildman–Crippen MR) is 110 cm³/mol. The third kappa shape index (κ3) is 3.48. The van der Waals surface area contributed by atoms with Crippen molar-refractivity contribution < 1.29 is 4.42 Å². The Morgan fingerprint density at radius 2 is 2.00 bits per heavy atom. The van der Waals surface area contributed by atoms with Crippen molar-refractivity contribution in [3.05, 3.63) is 58.7 Å². The molecule has 0 aliphatic carbocycles. The zero-order valence-corrected chi connectivity index (χ0v) is 16.2. The molecule has 0 spiro atoms. The fourth-order valence-corrected chi connectivity index (χ4v) is 4.30. The summed E-state index contributed by atoms with van der Waals surface area (Å²) in [6.07, 6.45) is 5.71. The van der Waals surface area contributed by atoms with Crippen LogP contribution in [0.4, 0.5) is 5.69 Å². The van der Waals surface area contributed by atoms with E-state index in [2.05, 4.69) is 42.8 Å². The highest BCUT2D eigenvalue weighted by atomic mass is 16.4. The van der Waals surface area contributed by atoms with Crippen molar-refractivity contribution in [2.24, 2.45) is 11.8 Å². The first-order valence-corrected chi connectivity index (χ1v) is 9.81. The van der Waals surface area contributed by atoms with Gasteiger partial charge in [-0.25, -0.2) is 4.79 Å². The zero-order chi connectivity index (χ0) is 19.0. The van der Waals surface area contributed by atoms with Crippen molar-refractivity contribution in [1.82, 2.24) is 4.98 Å². The Hall–Kier alpha value is -2.62. The molecule has 4 heteroatoms. The summed E-state index contributed by atoms with van der Waals surface area (Å²) in [7, 11) is 0. The smallest absolute Gasteiger partial charge is 0.344 e. The van der Waals surface area contributed by atoms with E-state index in [0.29, 0.717) is 23.0 Å². The molecule has 0 radical (unpaired) electrons. The molecule has 1 aromatic carbocycles. The summed E-state index contributed by atoms with van der Waals surface area (Å²) in [5.74, 6) is 1.37. The molecule has 1 aliphatic heterocycles. The molecule has 4 rings (SSSR count). The molecule has 3 heterocycles. The van der Waals surface area contributed by atoms with Gasteiger partial charge in [-0.15, -0.1) is 0 Å². The van der Waals surface area contributed by atoms with Crippen LogP contribution in [-0.4, -0.2) is 18.1 Å². The van der Waals surface area contributed by atoms with E-state index in [0.717, 1.165) is 30.5 Å². The largest absolute Gasteiger partial charge is 0.422 e. The number of rotatable bonds is 4. The van der Waals surface area contributed by atoms with Crippen LogP contribution in [0, 0.1) is 11.8 Å². The van der Waals surface area contributed by atoms with E-state index in [1.807, 2.05) is 18.2 Å². The van der Waals surface area contributed by atoms with Gasteiger partial charge in [0.15, 0.2) is 0 Å². The minimum atomic E-state index is -0.301. The summed E-state index contributed by atoms with van der Waals surface area (Å²) >= 11 is 0. The van der Waals surface area contributed by atoms with Crippen LogP contribution < -0.4 is 10.5 Å². The molecule has 4 nitrogen and oxygen atoms in total. The van der Waals surface area contributed by atoms with Gasteiger partial charge in [0.05, 0.1) is 5.56 Å². The van der Waals surface area contributed by atoms with E-state index in [4.69, 9.17) is 4.42 Å². The van der Waals surface area contributed by atoms with Gasteiger partial charge in [-0.2, -0.15) is 0 Å². The Kier molecular flexibility index (Phi) is 4.73. The molecule has 0 N–H and O–H groups in total. The third-order valence-electron chi connectivity index (χ3n) is 5.44. The van der Waals surface area contributed by atoms with E-state index in [9.17, 15) is 4.79 Å². The van der Waals surface area contributed by atoms with Crippen LogP contribution >= 0.6 is 0 Å². The maximum absolute atomic E-state index is 12.5. The Morgan fingerprint density at radius 3 is 2.70 bits per heavy atom. The number of pyridine rings is 1. The topological polar surface area (TPSA) is 46.3 Å². The van der Waals surface area contributed by atoms with Crippen LogP contribution in [0.3, 0.4) is 0 Å². The van der Waals surface area contributed by atoms with Gasteiger partial charge in [0, 0.05) is 42.6 Å². The summed E-state index contributed by atoms with van der Waals surface area (Å²) in [6.45, 7) is 8.82. The van der Waals surface area contributed by atoms with Gasteiger partial charge < -0.3 is 9.32 Å². The average molecular weight is 362 g/mol. The third-order valence-corrected chi connectivity index (χ3v) is 5.44. The molecule has 2 aromatic heterocycles. The van der Waals surface area contributed by atoms with E-state index < -0.39 is 0 Å². The van der Waals surface area contributed by atoms with Crippen molar-refractivity contribution in [3.8, 4) is 11.1 Å². The normalized spacial score (nSPS) is 16.7. The molecule has 1 aliphatic rings. The minimum absolute atomic E-state index is 0.301. The average Bonchev–Trinajstić information content (AvgIpc) is 2.65. The van der Waals surface area contributed by atoms with Crippen molar-refractivity contribution in [3.63, 3.8) is 0 Å². The molecule has 27 heavy (non-hydrogen) atoms. The summed E-state index contributed by atoms with van der Waals surface area (Å²) in [6, 6.07) is 9.91. The molecule has 1 atom stereocenters. The number of benzene rings is 1. The highest BCUT2D eigenvalue weighted by Gasteiger charge is 2.25. The van der Waals surface area contributed by atoms with Crippen LogP contribution in [0.1, 0.15) is 32.8 Å². The van der Waals surface area contributed by atoms with Gasteiger partial charge in [-0.05, 0) is 67.0 Å². The Bertz CT molecular complexity index is 1010. The molecule has 0 saturated heterocycles. The summed E-state index contributed by atoms with van der Waals surface area (Å²) in [5.41, 5.74) is 4.36. The molecule has 140 valence electrons. The maximum Gasteiger partial charge on any atom is 0.344 e. The lowest BCUT2D eigenvalue weighted by molar-refractivity contribution is 0.395. The molecule has 0 bridgehead atoms. The first-order chi connectivity index (χ1) is 13.0. The maximum atomic E-state index is 12.5. The number of nitrogens with zero attached hydrogens (tertiary/aromatic N) is 2. The standard InChI is InChI=1S/C23H26N2O2/c1-4-25-14-16(9-15(2)3)10-18-11-19-12-20(17-5-7-24-8-6-17)23(26)27-22(19)13-21(18)25/h5-8,11-13,15-16H,4,9-10,14H2,1-3H3. The summed E-state index contributed by atoms with van der Waals surface area (Å²) in [4.78, 5) is 19.0. The monoisotopic (exact) mass is 362 g/mol. The van der Waals surface area contributed by atoms with Crippen LogP contribution in [0.2, 0.25) is 0 Å². The van der Waals surface area contributed by atoms with E-state index in [-0.39, 0.29) is 5.63 Å². The molecular formula is C23H26N2O2. The number of hydrogen-bond donors (Lipinski definition) is 0. The fourth-order valence-electron chi connectivity index (χ4n) is 4.30. The van der Waals surface area contributed by atoms with Gasteiger partial charge in [0.2, 0.25) is 0 Å². The van der Waals surface area contributed by atoms with Gasteiger partial charge in [-0.3, -0.25) is 4.98 Å². The molecule has 0 saturated carbocycles. The number of anilines is 1. The Balaban J connectivity index is 1.81. The molecule has 0 fully saturated rings. The zero-order valence-electron chi connectivity index (χ0n) is 16.2. The molecule has 1 unspecified atom stereocenters. The van der Waals surface area contributed by atoms with Gasteiger partial charge >= 0.3 is 5.63 Å².